The van der Waals surface area contributed by atoms with Crippen molar-refractivity contribution in [1.82, 2.24) is 4.57 Å². The summed E-state index contributed by atoms with van der Waals surface area (Å²) in [5, 5.41) is 9.09. The zero-order chi connectivity index (χ0) is 22.6. The molecular weight excluding hydrogens is 446 g/mol. The van der Waals surface area contributed by atoms with Crippen molar-refractivity contribution in [3.05, 3.63) is 103 Å². The summed E-state index contributed by atoms with van der Waals surface area (Å²) >= 11 is 6.94. The third kappa shape index (κ3) is 4.62. The molecule has 2 N–H and O–H groups in total. The highest BCUT2D eigenvalue weighted by molar-refractivity contribution is 8.00. The van der Waals surface area contributed by atoms with E-state index in [9.17, 15) is 4.79 Å². The van der Waals surface area contributed by atoms with Gasteiger partial charge in [-0.3, -0.25) is 9.36 Å². The van der Waals surface area contributed by atoms with Gasteiger partial charge in [0.05, 0.1) is 16.8 Å². The van der Waals surface area contributed by atoms with E-state index in [0.717, 1.165) is 38.1 Å². The van der Waals surface area contributed by atoms with Crippen LogP contribution < -0.4 is 10.6 Å². The molecule has 4 nitrogen and oxygen atoms in total. The average Bonchev–Trinajstić information content (AvgIpc) is 3.18. The van der Waals surface area contributed by atoms with Crippen molar-refractivity contribution in [2.75, 3.05) is 16.4 Å². The molecule has 1 heterocycles. The normalized spacial score (nSPS) is 10.9. The van der Waals surface area contributed by atoms with Gasteiger partial charge in [-0.15, -0.1) is 11.8 Å². The zero-order valence-corrected chi connectivity index (χ0v) is 19.3. The third-order valence-electron chi connectivity index (χ3n) is 5.32. The standard InChI is InChI=1S/C27H21N3OS2/c31-26(30-24-15-6-4-13-22(24)23-14-5-7-16-25(23)30)18-33-21-12-8-11-20(17-21)29-27(32)28-19-9-2-1-3-10-19/h1-17H,18H2,(H2,28,29,32). The van der Waals surface area contributed by atoms with Crippen molar-refractivity contribution in [3.63, 3.8) is 0 Å². The number of aromatic nitrogens is 1. The molecule has 4 aromatic carbocycles. The molecule has 0 aliphatic rings. The Labute approximate surface area is 201 Å². The molecule has 0 radical (unpaired) electrons. The van der Waals surface area contributed by atoms with Gasteiger partial charge in [0.15, 0.2) is 5.11 Å². The average molecular weight is 468 g/mol. The summed E-state index contributed by atoms with van der Waals surface area (Å²) in [6.45, 7) is 0. The number of nitrogens with zero attached hydrogens (tertiary/aromatic N) is 1. The highest BCUT2D eigenvalue weighted by Gasteiger charge is 2.15. The fourth-order valence-electron chi connectivity index (χ4n) is 3.88. The number of hydrogen-bond donors (Lipinski definition) is 2. The first-order valence-corrected chi connectivity index (χ1v) is 12.0. The second-order valence-corrected chi connectivity index (χ2v) is 8.98. The van der Waals surface area contributed by atoms with Crippen LogP contribution >= 0.6 is 24.0 Å². The fraction of sp³-hybridized carbons (Fsp3) is 0.0370. The number of carbonyl (C=O) groups excluding carboxylic acids is 1. The van der Waals surface area contributed by atoms with Gasteiger partial charge in [-0.2, -0.15) is 0 Å². The van der Waals surface area contributed by atoms with Crippen LogP contribution in [0.3, 0.4) is 0 Å². The molecule has 0 spiro atoms. The van der Waals surface area contributed by atoms with Crippen LogP contribution in [0.1, 0.15) is 4.79 Å². The van der Waals surface area contributed by atoms with E-state index in [1.807, 2.05) is 95.6 Å². The van der Waals surface area contributed by atoms with Gasteiger partial charge in [0.25, 0.3) is 0 Å². The molecule has 6 heteroatoms. The first-order chi connectivity index (χ1) is 16.2. The molecule has 162 valence electrons. The van der Waals surface area contributed by atoms with Crippen molar-refractivity contribution in [1.29, 1.82) is 0 Å². The molecule has 0 saturated heterocycles. The van der Waals surface area contributed by atoms with Gasteiger partial charge < -0.3 is 10.6 Å². The number of rotatable bonds is 5. The molecule has 33 heavy (non-hydrogen) atoms. The molecule has 0 bridgehead atoms. The Morgan fingerprint density at radius 1 is 0.727 bits per heavy atom. The summed E-state index contributed by atoms with van der Waals surface area (Å²) in [5.41, 5.74) is 3.68. The van der Waals surface area contributed by atoms with Crippen LogP contribution in [-0.4, -0.2) is 21.3 Å². The lowest BCUT2D eigenvalue weighted by Crippen LogP contribution is -2.18. The van der Waals surface area contributed by atoms with Crippen molar-refractivity contribution in [2.45, 2.75) is 4.90 Å². The summed E-state index contributed by atoms with van der Waals surface area (Å²) in [6.07, 6.45) is 0. The molecule has 0 fully saturated rings. The van der Waals surface area contributed by atoms with E-state index in [2.05, 4.69) is 22.8 Å². The van der Waals surface area contributed by atoms with Crippen LogP contribution in [0, 0.1) is 0 Å². The van der Waals surface area contributed by atoms with Crippen LogP contribution in [0.25, 0.3) is 21.8 Å². The van der Waals surface area contributed by atoms with Gasteiger partial charge in [-0.05, 0) is 54.7 Å². The van der Waals surface area contributed by atoms with E-state index < -0.39 is 0 Å². The highest BCUT2D eigenvalue weighted by atomic mass is 32.2. The quantitative estimate of drug-likeness (QED) is 0.214. The van der Waals surface area contributed by atoms with Crippen molar-refractivity contribution in [3.8, 4) is 0 Å². The number of nitrogens with one attached hydrogen (secondary N) is 2. The molecular formula is C27H21N3OS2. The molecule has 0 aliphatic carbocycles. The molecule has 0 amide bonds. The first kappa shape index (κ1) is 21.2. The number of benzene rings is 4. The Bertz CT molecular complexity index is 1410. The van der Waals surface area contributed by atoms with E-state index in [1.165, 1.54) is 11.8 Å². The predicted molar refractivity (Wildman–Crippen MR) is 144 cm³/mol. The van der Waals surface area contributed by atoms with Crippen molar-refractivity contribution < 1.29 is 4.79 Å². The monoisotopic (exact) mass is 467 g/mol. The molecule has 1 aromatic heterocycles. The second-order valence-electron chi connectivity index (χ2n) is 7.53. The fourth-order valence-corrected chi connectivity index (χ4v) is 4.92. The van der Waals surface area contributed by atoms with Crippen LogP contribution in [0.4, 0.5) is 11.4 Å². The first-order valence-electron chi connectivity index (χ1n) is 10.6. The zero-order valence-electron chi connectivity index (χ0n) is 17.7. The lowest BCUT2D eigenvalue weighted by Gasteiger charge is -2.11. The minimum atomic E-state index is 0.0528. The largest absolute Gasteiger partial charge is 0.332 e. The maximum Gasteiger partial charge on any atom is 0.241 e. The molecule has 5 aromatic rings. The molecule has 0 saturated carbocycles. The maximum absolute atomic E-state index is 13.3. The lowest BCUT2D eigenvalue weighted by molar-refractivity contribution is 0.0951. The Hall–Kier alpha value is -3.61. The van der Waals surface area contributed by atoms with E-state index in [-0.39, 0.29) is 5.91 Å². The van der Waals surface area contributed by atoms with Crippen LogP contribution in [0.5, 0.6) is 0 Å². The Balaban J connectivity index is 1.30. The van der Waals surface area contributed by atoms with E-state index in [4.69, 9.17) is 12.2 Å². The second kappa shape index (κ2) is 9.48. The lowest BCUT2D eigenvalue weighted by atomic mass is 10.2. The molecule has 5 rings (SSSR count). The number of para-hydroxylation sites is 3. The molecule has 0 aliphatic heterocycles. The van der Waals surface area contributed by atoms with Crippen LogP contribution in [0.15, 0.2) is 108 Å². The van der Waals surface area contributed by atoms with Gasteiger partial charge in [0, 0.05) is 27.0 Å². The highest BCUT2D eigenvalue weighted by Crippen LogP contribution is 2.30. The SMILES string of the molecule is O=C(CSc1cccc(NC(=S)Nc2ccccc2)c1)n1c2ccccc2c2ccccc21. The van der Waals surface area contributed by atoms with Crippen molar-refractivity contribution in [2.24, 2.45) is 0 Å². The summed E-state index contributed by atoms with van der Waals surface area (Å²) in [5.74, 6) is 0.385. The Kier molecular flexibility index (Phi) is 6.11. The molecule has 0 atom stereocenters. The van der Waals surface area contributed by atoms with Crippen LogP contribution in [0.2, 0.25) is 0 Å². The van der Waals surface area contributed by atoms with Crippen LogP contribution in [-0.2, 0) is 0 Å². The van der Waals surface area contributed by atoms with E-state index >= 15 is 0 Å². The number of anilines is 2. The van der Waals surface area contributed by atoms with Crippen molar-refractivity contribution >= 4 is 68.2 Å². The molecule has 0 unspecified atom stereocenters. The Morgan fingerprint density at radius 3 is 2.00 bits per heavy atom. The van der Waals surface area contributed by atoms with Gasteiger partial charge in [-0.1, -0.05) is 60.7 Å². The summed E-state index contributed by atoms with van der Waals surface area (Å²) in [4.78, 5) is 14.3. The maximum atomic E-state index is 13.3. The van der Waals surface area contributed by atoms with Gasteiger partial charge in [-0.25, -0.2) is 0 Å². The number of carbonyl (C=O) groups is 1. The van der Waals surface area contributed by atoms with E-state index in [1.54, 1.807) is 0 Å². The minimum absolute atomic E-state index is 0.0528. The minimum Gasteiger partial charge on any atom is -0.332 e. The smallest absolute Gasteiger partial charge is 0.241 e. The topological polar surface area (TPSA) is 46.1 Å². The van der Waals surface area contributed by atoms with E-state index in [0.29, 0.717) is 10.9 Å². The summed E-state index contributed by atoms with van der Waals surface area (Å²) in [7, 11) is 0. The third-order valence-corrected chi connectivity index (χ3v) is 6.50. The predicted octanol–water partition coefficient (Wildman–Crippen LogP) is 7.04. The summed E-state index contributed by atoms with van der Waals surface area (Å²) < 4.78 is 1.83. The number of hydrogen-bond acceptors (Lipinski definition) is 3. The van der Waals surface area contributed by atoms with Gasteiger partial charge >= 0.3 is 0 Å². The van der Waals surface area contributed by atoms with Gasteiger partial charge in [0.2, 0.25) is 5.91 Å². The number of fused-ring (bicyclic) bond motifs is 3. The summed E-state index contributed by atoms with van der Waals surface area (Å²) in [6, 6.07) is 33.8. The van der Waals surface area contributed by atoms with Gasteiger partial charge in [0.1, 0.15) is 0 Å². The Morgan fingerprint density at radius 2 is 1.30 bits per heavy atom. The number of thioether (sulfide) groups is 1. The number of thiocarbonyl (C=S) groups is 1.